The molecule has 4 nitrogen and oxygen atoms in total. The van der Waals surface area contributed by atoms with Crippen molar-refractivity contribution in [1.82, 2.24) is 14.8 Å². The summed E-state index contributed by atoms with van der Waals surface area (Å²) in [6.07, 6.45) is 7.36. The largest absolute Gasteiger partial charge is 0.380 e. The molecule has 0 saturated heterocycles. The van der Waals surface area contributed by atoms with E-state index in [4.69, 9.17) is 0 Å². The lowest BCUT2D eigenvalue weighted by molar-refractivity contribution is 0.682. The molecule has 0 aliphatic carbocycles. The van der Waals surface area contributed by atoms with E-state index in [-0.39, 0.29) is 0 Å². The van der Waals surface area contributed by atoms with Crippen LogP contribution >= 0.6 is 0 Å². The van der Waals surface area contributed by atoms with E-state index in [9.17, 15) is 0 Å². The number of aromatic nitrogens is 3. The molecule has 4 heteroatoms. The van der Waals surface area contributed by atoms with Gasteiger partial charge in [-0.05, 0) is 30.2 Å². The zero-order valence-corrected chi connectivity index (χ0v) is 11.1. The van der Waals surface area contributed by atoms with E-state index in [2.05, 4.69) is 51.5 Å². The van der Waals surface area contributed by atoms with Crippen LogP contribution in [0, 0.1) is 0 Å². The number of nitrogens with zero attached hydrogens (tertiary/aromatic N) is 2. The highest BCUT2D eigenvalue weighted by molar-refractivity contribution is 5.90. The molecule has 3 rings (SSSR count). The number of aryl methyl sites for hydroxylation is 1. The Morgan fingerprint density at radius 3 is 3.16 bits per heavy atom. The molecule has 1 aromatic carbocycles. The Labute approximate surface area is 112 Å². The third-order valence-corrected chi connectivity index (χ3v) is 3.26. The number of H-pyrrole nitrogens is 1. The van der Waals surface area contributed by atoms with Crippen molar-refractivity contribution >= 4 is 16.6 Å². The van der Waals surface area contributed by atoms with Crippen LogP contribution in [0.15, 0.2) is 42.9 Å². The van der Waals surface area contributed by atoms with Gasteiger partial charge in [0.1, 0.15) is 0 Å². The number of hydrogen-bond donors (Lipinski definition) is 2. The van der Waals surface area contributed by atoms with Gasteiger partial charge >= 0.3 is 0 Å². The average molecular weight is 254 g/mol. The van der Waals surface area contributed by atoms with Crippen molar-refractivity contribution in [3.63, 3.8) is 0 Å². The molecule has 2 heterocycles. The number of rotatable bonds is 5. The number of benzene rings is 1. The van der Waals surface area contributed by atoms with E-state index in [1.165, 1.54) is 5.56 Å². The third kappa shape index (κ3) is 2.47. The minimum absolute atomic E-state index is 0.834. The van der Waals surface area contributed by atoms with E-state index in [0.717, 1.165) is 36.1 Å². The predicted octanol–water partition coefficient (Wildman–Crippen LogP) is 3.39. The Kier molecular flexibility index (Phi) is 3.23. The average Bonchev–Trinajstić information content (AvgIpc) is 3.05. The summed E-state index contributed by atoms with van der Waals surface area (Å²) in [7, 11) is 0. The molecule has 0 bridgehead atoms. The lowest BCUT2D eigenvalue weighted by atomic mass is 10.2. The maximum atomic E-state index is 4.08. The lowest BCUT2D eigenvalue weighted by Gasteiger charge is -2.06. The summed E-state index contributed by atoms with van der Waals surface area (Å²) in [5.41, 5.74) is 3.48. The number of aromatic amines is 1. The van der Waals surface area contributed by atoms with Crippen LogP contribution in [0.3, 0.4) is 0 Å². The molecule has 98 valence electrons. The predicted molar refractivity (Wildman–Crippen MR) is 78.1 cm³/mol. The first-order chi connectivity index (χ1) is 9.36. The second-order valence-electron chi connectivity index (χ2n) is 4.75. The second kappa shape index (κ2) is 5.18. The van der Waals surface area contributed by atoms with Gasteiger partial charge in [0.15, 0.2) is 0 Å². The Hall–Kier alpha value is -2.23. The maximum Gasteiger partial charge on any atom is 0.0671 e. The number of hydrogen-bond acceptors (Lipinski definition) is 2. The fraction of sp³-hybridized carbons (Fsp3) is 0.267. The van der Waals surface area contributed by atoms with Gasteiger partial charge in [0.05, 0.1) is 11.7 Å². The third-order valence-electron chi connectivity index (χ3n) is 3.26. The van der Waals surface area contributed by atoms with Crippen molar-refractivity contribution < 1.29 is 0 Å². The summed E-state index contributed by atoms with van der Waals surface area (Å²) in [5, 5.41) is 11.7. The van der Waals surface area contributed by atoms with Gasteiger partial charge in [-0.2, -0.15) is 5.10 Å². The van der Waals surface area contributed by atoms with Gasteiger partial charge in [0, 0.05) is 36.6 Å². The SMILES string of the molecule is CCCn1ccc(CNc2cccc3[nH]ncc23)c1. The van der Waals surface area contributed by atoms with Crippen LogP contribution < -0.4 is 5.32 Å². The molecule has 19 heavy (non-hydrogen) atoms. The molecule has 0 aliphatic heterocycles. The molecule has 2 N–H and O–H groups in total. The van der Waals surface area contributed by atoms with Crippen LogP contribution in [0.2, 0.25) is 0 Å². The highest BCUT2D eigenvalue weighted by Crippen LogP contribution is 2.21. The normalized spacial score (nSPS) is 11.0. The van der Waals surface area contributed by atoms with Crippen molar-refractivity contribution in [3.05, 3.63) is 48.4 Å². The summed E-state index contributed by atoms with van der Waals surface area (Å²) in [5.74, 6) is 0. The summed E-state index contributed by atoms with van der Waals surface area (Å²) in [6, 6.07) is 8.31. The highest BCUT2D eigenvalue weighted by Gasteiger charge is 2.02. The quantitative estimate of drug-likeness (QED) is 0.733. The van der Waals surface area contributed by atoms with E-state index in [1.807, 2.05) is 18.3 Å². The van der Waals surface area contributed by atoms with Crippen LogP contribution in [0.25, 0.3) is 10.9 Å². The molecule has 0 amide bonds. The van der Waals surface area contributed by atoms with Gasteiger partial charge in [0.2, 0.25) is 0 Å². The fourth-order valence-electron chi connectivity index (χ4n) is 2.31. The van der Waals surface area contributed by atoms with E-state index >= 15 is 0 Å². The van der Waals surface area contributed by atoms with Gasteiger partial charge in [-0.15, -0.1) is 0 Å². The van der Waals surface area contributed by atoms with Crippen molar-refractivity contribution in [1.29, 1.82) is 0 Å². The van der Waals surface area contributed by atoms with Crippen LogP contribution in [-0.2, 0) is 13.1 Å². The van der Waals surface area contributed by atoms with Crippen LogP contribution in [-0.4, -0.2) is 14.8 Å². The molecular weight excluding hydrogens is 236 g/mol. The minimum atomic E-state index is 0.834. The lowest BCUT2D eigenvalue weighted by Crippen LogP contribution is -1.99. The topological polar surface area (TPSA) is 45.6 Å². The molecule has 0 atom stereocenters. The smallest absolute Gasteiger partial charge is 0.0671 e. The Balaban J connectivity index is 1.73. The van der Waals surface area contributed by atoms with Gasteiger partial charge in [-0.3, -0.25) is 5.10 Å². The zero-order chi connectivity index (χ0) is 13.1. The molecule has 0 fully saturated rings. The van der Waals surface area contributed by atoms with E-state index in [1.54, 1.807) is 0 Å². The molecule has 0 aliphatic rings. The molecule has 0 radical (unpaired) electrons. The first-order valence-corrected chi connectivity index (χ1v) is 6.67. The Bertz CT molecular complexity index is 665. The van der Waals surface area contributed by atoms with Crippen molar-refractivity contribution in [2.24, 2.45) is 0 Å². The fourth-order valence-corrected chi connectivity index (χ4v) is 2.31. The Morgan fingerprint density at radius 1 is 1.32 bits per heavy atom. The number of anilines is 1. The monoisotopic (exact) mass is 254 g/mol. The molecule has 0 unspecified atom stereocenters. The molecule has 2 aromatic heterocycles. The van der Waals surface area contributed by atoms with E-state index in [0.29, 0.717) is 0 Å². The number of nitrogens with one attached hydrogen (secondary N) is 2. The first-order valence-electron chi connectivity index (χ1n) is 6.67. The Morgan fingerprint density at radius 2 is 2.26 bits per heavy atom. The minimum Gasteiger partial charge on any atom is -0.380 e. The van der Waals surface area contributed by atoms with Crippen molar-refractivity contribution in [2.45, 2.75) is 26.4 Å². The number of fused-ring (bicyclic) bond motifs is 1. The van der Waals surface area contributed by atoms with Crippen LogP contribution in [0.4, 0.5) is 5.69 Å². The van der Waals surface area contributed by atoms with Crippen molar-refractivity contribution in [2.75, 3.05) is 5.32 Å². The van der Waals surface area contributed by atoms with Crippen LogP contribution in [0.5, 0.6) is 0 Å². The first kappa shape index (κ1) is 11.8. The molecule has 3 aromatic rings. The summed E-state index contributed by atoms with van der Waals surface area (Å²) >= 11 is 0. The van der Waals surface area contributed by atoms with Gasteiger partial charge in [0.25, 0.3) is 0 Å². The van der Waals surface area contributed by atoms with Gasteiger partial charge in [-0.1, -0.05) is 13.0 Å². The van der Waals surface area contributed by atoms with Gasteiger partial charge in [-0.25, -0.2) is 0 Å². The standard InChI is InChI=1S/C15H18N4/c1-2-7-19-8-6-12(11-19)9-16-14-4-3-5-15-13(14)10-17-18-15/h3-6,8,10-11,16H,2,7,9H2,1H3,(H,17,18). The maximum absolute atomic E-state index is 4.08. The summed E-state index contributed by atoms with van der Waals surface area (Å²) in [6.45, 7) is 4.11. The summed E-state index contributed by atoms with van der Waals surface area (Å²) in [4.78, 5) is 0. The summed E-state index contributed by atoms with van der Waals surface area (Å²) < 4.78 is 2.23. The molecule has 0 saturated carbocycles. The van der Waals surface area contributed by atoms with Crippen molar-refractivity contribution in [3.8, 4) is 0 Å². The second-order valence-corrected chi connectivity index (χ2v) is 4.75. The van der Waals surface area contributed by atoms with Crippen LogP contribution in [0.1, 0.15) is 18.9 Å². The van der Waals surface area contributed by atoms with E-state index < -0.39 is 0 Å². The highest BCUT2D eigenvalue weighted by atomic mass is 15.1. The molecule has 0 spiro atoms. The van der Waals surface area contributed by atoms with Gasteiger partial charge < -0.3 is 9.88 Å². The zero-order valence-electron chi connectivity index (χ0n) is 11.1. The molecular formula is C15H18N4.